The van der Waals surface area contributed by atoms with Crippen molar-refractivity contribution >= 4 is 23.7 Å². The van der Waals surface area contributed by atoms with E-state index in [1.165, 1.54) is 6.21 Å². The van der Waals surface area contributed by atoms with Crippen molar-refractivity contribution in [2.45, 2.75) is 13.8 Å². The largest absolute Gasteiger partial charge is 0.490 e. The lowest BCUT2D eigenvalue weighted by Crippen LogP contribution is -2.18. The second-order valence-corrected chi connectivity index (χ2v) is 5.84. The number of carbonyl (C=O) groups is 1. The first-order valence-electron chi connectivity index (χ1n) is 8.67. The average molecular weight is 401 g/mol. The van der Waals surface area contributed by atoms with Gasteiger partial charge in [-0.1, -0.05) is 17.5 Å². The van der Waals surface area contributed by atoms with E-state index in [0.717, 1.165) is 0 Å². The van der Waals surface area contributed by atoms with Gasteiger partial charge in [-0.2, -0.15) is 5.10 Å². The van der Waals surface area contributed by atoms with Gasteiger partial charge in [0.15, 0.2) is 11.5 Å². The highest BCUT2D eigenvalue weighted by molar-refractivity contribution is 6.30. The Labute approximate surface area is 169 Å². The molecule has 0 fully saturated rings. The van der Waals surface area contributed by atoms with E-state index >= 15 is 0 Å². The second kappa shape index (κ2) is 10.9. The van der Waals surface area contributed by atoms with Crippen molar-refractivity contribution < 1.29 is 19.0 Å². The highest BCUT2D eigenvalue weighted by atomic mass is 35.5. The van der Waals surface area contributed by atoms with Crippen molar-refractivity contribution in [1.82, 2.24) is 5.43 Å². The molecule has 0 aliphatic rings. The third-order valence-corrected chi connectivity index (χ3v) is 3.69. The molecular weight excluding hydrogens is 380 g/mol. The topological polar surface area (TPSA) is 69.2 Å². The van der Waals surface area contributed by atoms with Gasteiger partial charge in [0.2, 0.25) is 0 Å². The summed E-state index contributed by atoms with van der Waals surface area (Å²) in [6.45, 7) is 4.80. The molecule has 28 heavy (non-hydrogen) atoms. The third kappa shape index (κ3) is 5.93. The number of terminal acetylenes is 1. The lowest BCUT2D eigenvalue weighted by molar-refractivity contribution is 0.0954. The van der Waals surface area contributed by atoms with Crippen molar-refractivity contribution in [1.29, 1.82) is 0 Å². The minimum atomic E-state index is -0.395. The number of benzene rings is 2. The van der Waals surface area contributed by atoms with E-state index in [1.54, 1.807) is 36.4 Å². The summed E-state index contributed by atoms with van der Waals surface area (Å²) in [6.07, 6.45) is 6.65. The fourth-order valence-electron chi connectivity index (χ4n) is 2.29. The summed E-state index contributed by atoms with van der Waals surface area (Å²) in [5, 5.41) is 4.48. The molecule has 2 aromatic carbocycles. The smallest absolute Gasteiger partial charge is 0.271 e. The van der Waals surface area contributed by atoms with Crippen LogP contribution in [0.1, 0.15) is 29.8 Å². The first-order valence-corrected chi connectivity index (χ1v) is 9.05. The molecule has 0 unspecified atom stereocenters. The standard InChI is InChI=1S/C21H21ClN2O4/c1-4-11-28-18-10-8-17(22)12-16(18)14-23-24-21(25)15-7-9-19(26-5-2)20(13-15)27-6-3/h1,7-10,12-14H,5-6,11H2,2-3H3,(H,24,25)/b23-14+. The van der Waals surface area contributed by atoms with Crippen LogP contribution in [0.5, 0.6) is 17.2 Å². The predicted molar refractivity (Wildman–Crippen MR) is 110 cm³/mol. The number of halogens is 1. The molecule has 2 rings (SSSR count). The normalized spacial score (nSPS) is 10.4. The maximum absolute atomic E-state index is 12.4. The Balaban J connectivity index is 2.12. The SMILES string of the molecule is C#CCOc1ccc(Cl)cc1/C=N/NC(=O)c1ccc(OCC)c(OCC)c1. The number of hydrazone groups is 1. The molecule has 0 spiro atoms. The summed E-state index contributed by atoms with van der Waals surface area (Å²) in [5.41, 5.74) is 3.44. The summed E-state index contributed by atoms with van der Waals surface area (Å²) in [6, 6.07) is 9.96. The molecule has 0 heterocycles. The van der Waals surface area contributed by atoms with Gasteiger partial charge in [-0.15, -0.1) is 6.42 Å². The Kier molecular flexibility index (Phi) is 8.19. The Morgan fingerprint density at radius 1 is 1.11 bits per heavy atom. The minimum Gasteiger partial charge on any atom is -0.490 e. The van der Waals surface area contributed by atoms with Crippen LogP contribution in [0.2, 0.25) is 5.02 Å². The number of nitrogens with one attached hydrogen (secondary N) is 1. The van der Waals surface area contributed by atoms with E-state index in [-0.39, 0.29) is 6.61 Å². The summed E-state index contributed by atoms with van der Waals surface area (Å²) >= 11 is 6.01. The van der Waals surface area contributed by atoms with Gasteiger partial charge in [-0.3, -0.25) is 4.79 Å². The van der Waals surface area contributed by atoms with Gasteiger partial charge in [0.1, 0.15) is 12.4 Å². The lowest BCUT2D eigenvalue weighted by atomic mass is 10.2. The molecule has 0 aromatic heterocycles. The molecule has 1 amide bonds. The Hall–Kier alpha value is -3.17. The summed E-state index contributed by atoms with van der Waals surface area (Å²) in [5.74, 6) is 3.59. The van der Waals surface area contributed by atoms with Crippen LogP contribution in [-0.4, -0.2) is 31.9 Å². The summed E-state index contributed by atoms with van der Waals surface area (Å²) in [7, 11) is 0. The van der Waals surface area contributed by atoms with Crippen LogP contribution in [0.4, 0.5) is 0 Å². The first kappa shape index (κ1) is 21.1. The Bertz CT molecular complexity index is 890. The van der Waals surface area contributed by atoms with E-state index in [1.807, 2.05) is 13.8 Å². The lowest BCUT2D eigenvalue weighted by Gasteiger charge is -2.11. The molecule has 2 aromatic rings. The molecule has 0 saturated carbocycles. The van der Waals surface area contributed by atoms with Gasteiger partial charge >= 0.3 is 0 Å². The van der Waals surface area contributed by atoms with Gasteiger partial charge < -0.3 is 14.2 Å². The zero-order valence-electron chi connectivity index (χ0n) is 15.7. The zero-order valence-corrected chi connectivity index (χ0v) is 16.5. The van der Waals surface area contributed by atoms with Crippen LogP contribution in [0.25, 0.3) is 0 Å². The van der Waals surface area contributed by atoms with Crippen LogP contribution in [0.3, 0.4) is 0 Å². The van der Waals surface area contributed by atoms with E-state index in [9.17, 15) is 4.79 Å². The van der Waals surface area contributed by atoms with Crippen LogP contribution in [-0.2, 0) is 0 Å². The Morgan fingerprint density at radius 3 is 2.54 bits per heavy atom. The van der Waals surface area contributed by atoms with Gasteiger partial charge in [-0.05, 0) is 50.2 Å². The van der Waals surface area contributed by atoms with Crippen molar-refractivity contribution in [2.24, 2.45) is 5.10 Å². The van der Waals surface area contributed by atoms with Crippen LogP contribution >= 0.6 is 11.6 Å². The molecule has 0 atom stereocenters. The van der Waals surface area contributed by atoms with Gasteiger partial charge in [0.25, 0.3) is 5.91 Å². The van der Waals surface area contributed by atoms with Gasteiger partial charge in [0, 0.05) is 16.1 Å². The number of nitrogens with zero attached hydrogens (tertiary/aromatic N) is 1. The minimum absolute atomic E-state index is 0.112. The fraction of sp³-hybridized carbons (Fsp3) is 0.238. The maximum Gasteiger partial charge on any atom is 0.271 e. The molecule has 146 valence electrons. The van der Waals surface area contributed by atoms with Crippen molar-refractivity contribution in [3.63, 3.8) is 0 Å². The third-order valence-electron chi connectivity index (χ3n) is 3.46. The maximum atomic E-state index is 12.4. The van der Waals surface area contributed by atoms with Gasteiger partial charge in [-0.25, -0.2) is 5.43 Å². The first-order chi connectivity index (χ1) is 13.6. The molecule has 6 nitrogen and oxygen atoms in total. The predicted octanol–water partition coefficient (Wildman–Crippen LogP) is 3.91. The monoisotopic (exact) mass is 400 g/mol. The highest BCUT2D eigenvalue weighted by Crippen LogP contribution is 2.28. The van der Waals surface area contributed by atoms with Crippen molar-refractivity contribution in [2.75, 3.05) is 19.8 Å². The van der Waals surface area contributed by atoms with E-state index in [4.69, 9.17) is 32.2 Å². The average Bonchev–Trinajstić information content (AvgIpc) is 2.69. The number of rotatable bonds is 9. The van der Waals surface area contributed by atoms with E-state index in [0.29, 0.717) is 46.6 Å². The van der Waals surface area contributed by atoms with Gasteiger partial charge in [0.05, 0.1) is 19.4 Å². The van der Waals surface area contributed by atoms with E-state index in [2.05, 4.69) is 16.4 Å². The van der Waals surface area contributed by atoms with Crippen LogP contribution < -0.4 is 19.6 Å². The number of amides is 1. The quantitative estimate of drug-likeness (QED) is 0.393. The molecule has 0 radical (unpaired) electrons. The van der Waals surface area contributed by atoms with Crippen molar-refractivity contribution in [3.05, 3.63) is 52.5 Å². The molecule has 0 aliphatic carbocycles. The summed E-state index contributed by atoms with van der Waals surface area (Å²) < 4.78 is 16.5. The molecule has 7 heteroatoms. The van der Waals surface area contributed by atoms with Crippen LogP contribution in [0, 0.1) is 12.3 Å². The summed E-state index contributed by atoms with van der Waals surface area (Å²) in [4.78, 5) is 12.4. The zero-order chi connectivity index (χ0) is 20.4. The fourth-order valence-corrected chi connectivity index (χ4v) is 2.47. The molecule has 1 N–H and O–H groups in total. The van der Waals surface area contributed by atoms with Crippen LogP contribution in [0.15, 0.2) is 41.5 Å². The molecule has 0 saturated heterocycles. The molecule has 0 bridgehead atoms. The Morgan fingerprint density at radius 2 is 1.82 bits per heavy atom. The number of ether oxygens (including phenoxy) is 3. The van der Waals surface area contributed by atoms with E-state index < -0.39 is 5.91 Å². The number of hydrogen-bond donors (Lipinski definition) is 1. The van der Waals surface area contributed by atoms with Crippen molar-refractivity contribution in [3.8, 4) is 29.6 Å². The number of carbonyl (C=O) groups excluding carboxylic acids is 1. The molecular formula is C21H21ClN2O4. The number of hydrogen-bond acceptors (Lipinski definition) is 5. The highest BCUT2D eigenvalue weighted by Gasteiger charge is 2.11. The molecule has 0 aliphatic heterocycles. The second-order valence-electron chi connectivity index (χ2n) is 5.40.